The van der Waals surface area contributed by atoms with Crippen LogP contribution in [0.15, 0.2) is 53.4 Å². The van der Waals surface area contributed by atoms with Crippen LogP contribution >= 0.6 is 0 Å². The Bertz CT molecular complexity index is 1180. The molecule has 2 rings (SSSR count). The monoisotopic (exact) mass is 522 g/mol. The van der Waals surface area contributed by atoms with Crippen molar-refractivity contribution in [1.82, 2.24) is 4.72 Å². The third-order valence-electron chi connectivity index (χ3n) is 4.76. The van der Waals surface area contributed by atoms with Crippen LogP contribution in [0.2, 0.25) is 0 Å². The number of carbonyl (C=O) groups is 2. The van der Waals surface area contributed by atoms with Crippen LogP contribution in [0, 0.1) is 10.1 Å². The van der Waals surface area contributed by atoms with Crippen LogP contribution in [-0.4, -0.2) is 44.0 Å². The first kappa shape index (κ1) is 28.7. The normalized spacial score (nSPS) is 12.4. The van der Waals surface area contributed by atoms with Gasteiger partial charge in [0, 0.05) is 6.42 Å². The summed E-state index contributed by atoms with van der Waals surface area (Å²) in [6, 6.07) is 11.1. The van der Waals surface area contributed by atoms with Crippen molar-refractivity contribution in [2.24, 2.45) is 0 Å². The van der Waals surface area contributed by atoms with E-state index in [4.69, 9.17) is 9.47 Å². The Morgan fingerprint density at radius 3 is 2.36 bits per heavy atom. The molecule has 11 nitrogen and oxygen atoms in total. The number of nitrogens with zero attached hydrogens (tertiary/aromatic N) is 1. The van der Waals surface area contributed by atoms with Gasteiger partial charge in [0.1, 0.15) is 24.0 Å². The van der Waals surface area contributed by atoms with Crippen LogP contribution in [0.4, 0.5) is 5.69 Å². The fourth-order valence-electron chi connectivity index (χ4n) is 3.10. The van der Waals surface area contributed by atoms with Gasteiger partial charge in [0.25, 0.3) is 5.69 Å². The van der Waals surface area contributed by atoms with Crippen molar-refractivity contribution in [3.8, 4) is 5.75 Å². The van der Waals surface area contributed by atoms with Crippen LogP contribution < -0.4 is 9.46 Å². The van der Waals surface area contributed by atoms with Gasteiger partial charge in [-0.2, -0.15) is 4.72 Å². The molecule has 0 saturated heterocycles. The van der Waals surface area contributed by atoms with E-state index in [-0.39, 0.29) is 31.6 Å². The maximum atomic E-state index is 13.1. The van der Waals surface area contributed by atoms with Crippen LogP contribution in [0.3, 0.4) is 0 Å². The van der Waals surface area contributed by atoms with Gasteiger partial charge in [-0.05, 0) is 51.3 Å². The minimum atomic E-state index is -4.54. The number of nitro benzene ring substituents is 1. The number of rotatable bonds is 12. The molecule has 0 aliphatic carbocycles. The van der Waals surface area contributed by atoms with Gasteiger partial charge < -0.3 is 14.2 Å². The minimum absolute atomic E-state index is 0.0505. The smallest absolute Gasteiger partial charge is 0.324 e. The van der Waals surface area contributed by atoms with E-state index in [0.29, 0.717) is 0 Å². The Labute approximate surface area is 209 Å². The lowest BCUT2D eigenvalue weighted by Gasteiger charge is -2.24. The third kappa shape index (κ3) is 8.93. The molecular weight excluding hydrogens is 492 g/mol. The van der Waals surface area contributed by atoms with Crippen LogP contribution in [-0.2, 0) is 35.7 Å². The molecule has 0 unspecified atom stereocenters. The maximum Gasteiger partial charge on any atom is 0.324 e. The molecule has 1 N–H and O–H groups in total. The summed E-state index contributed by atoms with van der Waals surface area (Å²) in [6.07, 6.45) is -0.0199. The second kappa shape index (κ2) is 12.5. The average Bonchev–Trinajstić information content (AvgIpc) is 2.81. The zero-order valence-electron chi connectivity index (χ0n) is 20.6. The Morgan fingerprint density at radius 2 is 1.78 bits per heavy atom. The molecule has 0 aliphatic rings. The van der Waals surface area contributed by atoms with Gasteiger partial charge in [-0.15, -0.1) is 0 Å². The highest BCUT2D eigenvalue weighted by molar-refractivity contribution is 7.89. The number of nitro groups is 1. The topological polar surface area (TPSA) is 151 Å². The first-order chi connectivity index (χ1) is 16.8. The molecule has 0 aromatic heterocycles. The van der Waals surface area contributed by atoms with E-state index in [2.05, 4.69) is 9.46 Å². The summed E-state index contributed by atoms with van der Waals surface area (Å²) in [5.41, 5.74) is -0.802. The molecule has 0 amide bonds. The van der Waals surface area contributed by atoms with Gasteiger partial charge in [-0.25, -0.2) is 8.42 Å². The number of hydrogen-bond donors (Lipinski definition) is 1. The molecule has 0 saturated carbocycles. The van der Waals surface area contributed by atoms with Gasteiger partial charge in [0.05, 0.1) is 18.1 Å². The van der Waals surface area contributed by atoms with Crippen molar-refractivity contribution in [3.63, 3.8) is 0 Å². The first-order valence-corrected chi connectivity index (χ1v) is 12.6. The first-order valence-electron chi connectivity index (χ1n) is 11.1. The van der Waals surface area contributed by atoms with Crippen molar-refractivity contribution < 1.29 is 37.1 Å². The summed E-state index contributed by atoms with van der Waals surface area (Å²) in [5, 5.41) is 11.7. The number of esters is 2. The van der Waals surface area contributed by atoms with Crippen LogP contribution in [0.5, 0.6) is 5.75 Å². The van der Waals surface area contributed by atoms with Crippen molar-refractivity contribution in [2.45, 2.75) is 63.2 Å². The molecule has 0 bridgehead atoms. The molecule has 36 heavy (non-hydrogen) atoms. The largest absolute Gasteiger partial charge is 0.489 e. The lowest BCUT2D eigenvalue weighted by atomic mass is 10.1. The van der Waals surface area contributed by atoms with Gasteiger partial charge in [-0.3, -0.25) is 19.7 Å². The van der Waals surface area contributed by atoms with Gasteiger partial charge in [0.2, 0.25) is 10.0 Å². The fraction of sp³-hybridized carbons (Fsp3) is 0.417. The Morgan fingerprint density at radius 1 is 1.11 bits per heavy atom. The highest BCUT2D eigenvalue weighted by atomic mass is 32.2. The molecule has 0 aliphatic heterocycles. The molecule has 2 aromatic rings. The molecule has 1 atom stereocenters. The van der Waals surface area contributed by atoms with Gasteiger partial charge in [-0.1, -0.05) is 30.3 Å². The molecule has 0 heterocycles. The second-order valence-electron chi connectivity index (χ2n) is 8.84. The standard InChI is InChI=1S/C24H30N2O9S/c1-24(2,3)35-23(28)19(11-8-12-22(27)33-4)25-36(31,32)21-14-13-18(15-20(21)26(29)30)34-16-17-9-6-5-7-10-17/h5-7,9-10,13-15,19,25H,8,11-12,16H2,1-4H3/t19-/m1/s1. The number of hydrogen-bond acceptors (Lipinski definition) is 9. The highest BCUT2D eigenvalue weighted by Gasteiger charge is 2.33. The van der Waals surface area contributed by atoms with Crippen LogP contribution in [0.1, 0.15) is 45.6 Å². The summed E-state index contributed by atoms with van der Waals surface area (Å²) in [4.78, 5) is 34.3. The van der Waals surface area contributed by atoms with E-state index < -0.39 is 49.1 Å². The summed E-state index contributed by atoms with van der Waals surface area (Å²) in [5.74, 6) is -1.30. The highest BCUT2D eigenvalue weighted by Crippen LogP contribution is 2.29. The van der Waals surface area contributed by atoms with Gasteiger partial charge >= 0.3 is 11.9 Å². The predicted octanol–water partition coefficient (Wildman–Crippen LogP) is 3.51. The van der Waals surface area contributed by atoms with Crippen LogP contribution in [0.25, 0.3) is 0 Å². The number of nitrogens with one attached hydrogen (secondary N) is 1. The number of benzene rings is 2. The Hall–Kier alpha value is -3.51. The molecule has 196 valence electrons. The predicted molar refractivity (Wildman–Crippen MR) is 130 cm³/mol. The number of sulfonamides is 1. The SMILES string of the molecule is COC(=O)CCC[C@@H](NS(=O)(=O)c1ccc(OCc2ccccc2)cc1[N+](=O)[O-])C(=O)OC(C)(C)C. The van der Waals surface area contributed by atoms with E-state index in [0.717, 1.165) is 17.7 Å². The summed E-state index contributed by atoms with van der Waals surface area (Å²) in [6.45, 7) is 4.97. The zero-order chi connectivity index (χ0) is 26.9. The number of carbonyl (C=O) groups excluding carboxylic acids is 2. The quantitative estimate of drug-likeness (QED) is 0.251. The lowest BCUT2D eigenvalue weighted by Crippen LogP contribution is -2.44. The zero-order valence-corrected chi connectivity index (χ0v) is 21.4. The molecule has 0 spiro atoms. The molecule has 2 aromatic carbocycles. The summed E-state index contributed by atoms with van der Waals surface area (Å²) < 4.78 is 43.9. The van der Waals surface area contributed by atoms with Crippen molar-refractivity contribution in [2.75, 3.05) is 7.11 Å². The van der Waals surface area contributed by atoms with E-state index in [1.165, 1.54) is 13.2 Å². The third-order valence-corrected chi connectivity index (χ3v) is 6.27. The molecule has 0 fully saturated rings. The lowest BCUT2D eigenvalue weighted by molar-refractivity contribution is -0.387. The summed E-state index contributed by atoms with van der Waals surface area (Å²) in [7, 11) is -3.33. The molecule has 0 radical (unpaired) electrons. The average molecular weight is 523 g/mol. The van der Waals surface area contributed by atoms with E-state index >= 15 is 0 Å². The summed E-state index contributed by atoms with van der Waals surface area (Å²) >= 11 is 0. The van der Waals surface area contributed by atoms with Crippen molar-refractivity contribution in [3.05, 3.63) is 64.2 Å². The van der Waals surface area contributed by atoms with Gasteiger partial charge in [0.15, 0.2) is 4.90 Å². The number of methoxy groups -OCH3 is 1. The molecule has 12 heteroatoms. The van der Waals surface area contributed by atoms with E-state index in [1.807, 2.05) is 30.3 Å². The maximum absolute atomic E-state index is 13.1. The minimum Gasteiger partial charge on any atom is -0.489 e. The van der Waals surface area contributed by atoms with E-state index in [9.17, 15) is 28.1 Å². The van der Waals surface area contributed by atoms with E-state index in [1.54, 1.807) is 20.8 Å². The second-order valence-corrected chi connectivity index (χ2v) is 10.5. The Balaban J connectivity index is 2.28. The van der Waals surface area contributed by atoms with Crippen molar-refractivity contribution in [1.29, 1.82) is 0 Å². The Kier molecular flexibility index (Phi) is 9.93. The fourth-order valence-corrected chi connectivity index (χ4v) is 4.47. The molecular formula is C24H30N2O9S. The van der Waals surface area contributed by atoms with Crippen molar-refractivity contribution >= 4 is 27.6 Å². The number of ether oxygens (including phenoxy) is 3.